The maximum atomic E-state index is 10.7. The molecule has 0 aliphatic heterocycles. The van der Waals surface area contributed by atoms with Crippen molar-refractivity contribution in [1.82, 2.24) is 10.6 Å². The van der Waals surface area contributed by atoms with E-state index in [2.05, 4.69) is 10.6 Å². The van der Waals surface area contributed by atoms with E-state index in [1.165, 1.54) is 6.92 Å². The highest BCUT2D eigenvalue weighted by atomic mass is 16.1. The van der Waals surface area contributed by atoms with Gasteiger partial charge in [0.15, 0.2) is 0 Å². The van der Waals surface area contributed by atoms with E-state index in [1.807, 2.05) is 27.8 Å². The first-order valence-corrected chi connectivity index (χ1v) is 3.86. The van der Waals surface area contributed by atoms with Gasteiger partial charge in [0.2, 0.25) is 5.91 Å². The minimum Gasteiger partial charge on any atom is -0.350 e. The predicted octanol–water partition coefficient (Wildman–Crippen LogP) is 0.509. The molecule has 0 aromatic heterocycles. The highest BCUT2D eigenvalue weighted by Crippen LogP contribution is 2.07. The molecule has 11 heavy (non-hydrogen) atoms. The van der Waals surface area contributed by atoms with Crippen LogP contribution in [0, 0.1) is 0 Å². The topological polar surface area (TPSA) is 41.1 Å². The van der Waals surface area contributed by atoms with Crippen LogP contribution in [-0.4, -0.2) is 24.5 Å². The Kier molecular flexibility index (Phi) is 3.52. The molecule has 0 aliphatic rings. The summed E-state index contributed by atoms with van der Waals surface area (Å²) in [5.41, 5.74) is -0.180. The normalized spacial score (nSPS) is 14.3. The number of amides is 1. The van der Waals surface area contributed by atoms with Crippen LogP contribution in [0.2, 0.25) is 0 Å². The van der Waals surface area contributed by atoms with E-state index in [1.54, 1.807) is 0 Å². The van der Waals surface area contributed by atoms with Gasteiger partial charge in [0.1, 0.15) is 0 Å². The molecule has 66 valence electrons. The van der Waals surface area contributed by atoms with Crippen LogP contribution in [0.25, 0.3) is 0 Å². The first-order valence-electron chi connectivity index (χ1n) is 3.86. The van der Waals surface area contributed by atoms with Gasteiger partial charge in [0.25, 0.3) is 0 Å². The van der Waals surface area contributed by atoms with E-state index in [0.29, 0.717) is 0 Å². The highest BCUT2D eigenvalue weighted by molar-refractivity contribution is 5.73. The Morgan fingerprint density at radius 1 is 1.45 bits per heavy atom. The summed E-state index contributed by atoms with van der Waals surface area (Å²) in [4.78, 5) is 10.7. The van der Waals surface area contributed by atoms with Gasteiger partial charge in [-0.05, 0) is 27.8 Å². The third kappa shape index (κ3) is 3.37. The second-order valence-electron chi connectivity index (χ2n) is 3.41. The highest BCUT2D eigenvalue weighted by Gasteiger charge is 2.24. The van der Waals surface area contributed by atoms with Crippen LogP contribution in [0.15, 0.2) is 0 Å². The van der Waals surface area contributed by atoms with Gasteiger partial charge in [-0.15, -0.1) is 0 Å². The summed E-state index contributed by atoms with van der Waals surface area (Å²) in [5.74, 6) is 0.0112. The Labute approximate surface area is 68.6 Å². The standard InChI is InChI=1S/C8H18N2O/c1-6(9-5)8(3,4)10-7(2)11/h6,9H,1-5H3,(H,10,11). The molecule has 0 heterocycles. The van der Waals surface area contributed by atoms with Gasteiger partial charge in [-0.1, -0.05) is 0 Å². The van der Waals surface area contributed by atoms with Gasteiger partial charge in [0, 0.05) is 18.5 Å². The quantitative estimate of drug-likeness (QED) is 0.628. The molecule has 0 aliphatic carbocycles. The molecule has 0 radical (unpaired) electrons. The minimum absolute atomic E-state index is 0.0112. The summed E-state index contributed by atoms with van der Waals surface area (Å²) in [7, 11) is 1.88. The van der Waals surface area contributed by atoms with Crippen LogP contribution in [0.4, 0.5) is 0 Å². The van der Waals surface area contributed by atoms with E-state index < -0.39 is 0 Å². The molecular weight excluding hydrogens is 140 g/mol. The number of hydrogen-bond acceptors (Lipinski definition) is 2. The summed E-state index contributed by atoms with van der Waals surface area (Å²) < 4.78 is 0. The summed E-state index contributed by atoms with van der Waals surface area (Å²) in [6.07, 6.45) is 0. The molecule has 0 saturated carbocycles. The molecule has 0 bridgehead atoms. The molecule has 1 atom stereocenters. The third-order valence-corrected chi connectivity index (χ3v) is 2.01. The van der Waals surface area contributed by atoms with Crippen LogP contribution < -0.4 is 10.6 Å². The first kappa shape index (κ1) is 10.4. The van der Waals surface area contributed by atoms with Crippen molar-refractivity contribution in [3.05, 3.63) is 0 Å². The molecule has 0 rings (SSSR count). The molecule has 3 nitrogen and oxygen atoms in total. The maximum absolute atomic E-state index is 10.7. The number of likely N-dealkylation sites (N-methyl/N-ethyl adjacent to an activating group) is 1. The molecule has 0 saturated heterocycles. The van der Waals surface area contributed by atoms with Crippen molar-refractivity contribution in [3.8, 4) is 0 Å². The zero-order valence-electron chi connectivity index (χ0n) is 7.99. The van der Waals surface area contributed by atoms with Gasteiger partial charge in [-0.3, -0.25) is 4.79 Å². The lowest BCUT2D eigenvalue weighted by atomic mass is 9.96. The third-order valence-electron chi connectivity index (χ3n) is 2.01. The second kappa shape index (κ2) is 3.72. The van der Waals surface area contributed by atoms with Crippen LogP contribution in [0.3, 0.4) is 0 Å². The Morgan fingerprint density at radius 2 is 1.91 bits per heavy atom. The zero-order chi connectivity index (χ0) is 9.07. The van der Waals surface area contributed by atoms with E-state index in [4.69, 9.17) is 0 Å². The molecule has 3 heteroatoms. The maximum Gasteiger partial charge on any atom is 0.217 e. The summed E-state index contributed by atoms with van der Waals surface area (Å²) in [6, 6.07) is 0.270. The largest absolute Gasteiger partial charge is 0.350 e. The van der Waals surface area contributed by atoms with Crippen molar-refractivity contribution in [3.63, 3.8) is 0 Å². The van der Waals surface area contributed by atoms with Crippen LogP contribution in [-0.2, 0) is 4.79 Å². The second-order valence-corrected chi connectivity index (χ2v) is 3.41. The van der Waals surface area contributed by atoms with Gasteiger partial charge in [-0.2, -0.15) is 0 Å². The van der Waals surface area contributed by atoms with Crippen molar-refractivity contribution >= 4 is 5.91 Å². The van der Waals surface area contributed by atoms with Crippen molar-refractivity contribution < 1.29 is 4.79 Å². The summed E-state index contributed by atoms with van der Waals surface area (Å²) >= 11 is 0. The monoisotopic (exact) mass is 158 g/mol. The smallest absolute Gasteiger partial charge is 0.217 e. The van der Waals surface area contributed by atoms with Crippen LogP contribution in [0.1, 0.15) is 27.7 Å². The predicted molar refractivity (Wildman–Crippen MR) is 46.4 cm³/mol. The van der Waals surface area contributed by atoms with Crippen LogP contribution >= 0.6 is 0 Å². The van der Waals surface area contributed by atoms with Crippen molar-refractivity contribution in [2.75, 3.05) is 7.05 Å². The van der Waals surface area contributed by atoms with Gasteiger partial charge >= 0.3 is 0 Å². The Bertz CT molecular complexity index is 143. The number of hydrogen-bond donors (Lipinski definition) is 2. The van der Waals surface area contributed by atoms with Gasteiger partial charge < -0.3 is 10.6 Å². The molecule has 2 N–H and O–H groups in total. The molecular formula is C8H18N2O. The lowest BCUT2D eigenvalue weighted by Crippen LogP contribution is -2.54. The SMILES string of the molecule is CNC(C)C(C)(C)NC(C)=O. The number of carbonyl (C=O) groups is 1. The molecule has 0 spiro atoms. The molecule has 0 fully saturated rings. The van der Waals surface area contributed by atoms with Gasteiger partial charge in [0.05, 0.1) is 0 Å². The van der Waals surface area contributed by atoms with E-state index in [9.17, 15) is 4.79 Å². The Balaban J connectivity index is 4.08. The average Bonchev–Trinajstić information content (AvgIpc) is 1.83. The lowest BCUT2D eigenvalue weighted by Gasteiger charge is -2.32. The average molecular weight is 158 g/mol. The van der Waals surface area contributed by atoms with Crippen LogP contribution in [0.5, 0.6) is 0 Å². The fourth-order valence-electron chi connectivity index (χ4n) is 0.923. The van der Waals surface area contributed by atoms with Crippen molar-refractivity contribution in [1.29, 1.82) is 0 Å². The zero-order valence-corrected chi connectivity index (χ0v) is 7.99. The Hall–Kier alpha value is -0.570. The summed E-state index contributed by atoms with van der Waals surface area (Å²) in [5, 5.41) is 5.96. The fraction of sp³-hybridized carbons (Fsp3) is 0.875. The Morgan fingerprint density at radius 3 is 2.18 bits per heavy atom. The van der Waals surface area contributed by atoms with E-state index in [-0.39, 0.29) is 17.5 Å². The van der Waals surface area contributed by atoms with E-state index >= 15 is 0 Å². The van der Waals surface area contributed by atoms with Crippen molar-refractivity contribution in [2.45, 2.75) is 39.3 Å². The molecule has 1 unspecified atom stereocenters. The molecule has 0 aromatic carbocycles. The molecule has 1 amide bonds. The number of carbonyl (C=O) groups excluding carboxylic acids is 1. The summed E-state index contributed by atoms with van der Waals surface area (Å²) in [6.45, 7) is 7.56. The number of rotatable bonds is 3. The fourth-order valence-corrected chi connectivity index (χ4v) is 0.923. The number of nitrogens with one attached hydrogen (secondary N) is 2. The lowest BCUT2D eigenvalue weighted by molar-refractivity contribution is -0.120. The van der Waals surface area contributed by atoms with Gasteiger partial charge in [-0.25, -0.2) is 0 Å². The minimum atomic E-state index is -0.180. The van der Waals surface area contributed by atoms with Crippen molar-refractivity contribution in [2.24, 2.45) is 0 Å². The van der Waals surface area contributed by atoms with E-state index in [0.717, 1.165) is 0 Å². The first-order chi connectivity index (χ1) is 4.90. The molecule has 0 aromatic rings.